The molecule has 0 saturated heterocycles. The molecular formula is C13H28O2. The molecule has 0 atom stereocenters. The Kier molecular flexibility index (Phi) is 9.12. The lowest BCUT2D eigenvalue weighted by Gasteiger charge is -2.31. The number of ether oxygens (including phenoxy) is 2. The second-order valence-corrected chi connectivity index (χ2v) is 4.23. The van der Waals surface area contributed by atoms with Gasteiger partial charge in [-0.3, -0.25) is 0 Å². The maximum Gasteiger partial charge on any atom is 0.167 e. The zero-order chi connectivity index (χ0) is 11.6. The Labute approximate surface area is 95.3 Å². The number of hydrogen-bond donors (Lipinski definition) is 0. The maximum atomic E-state index is 5.55. The molecule has 0 aliphatic heterocycles. The maximum absolute atomic E-state index is 5.55. The Morgan fingerprint density at radius 1 is 0.733 bits per heavy atom. The second-order valence-electron chi connectivity index (χ2n) is 4.23. The number of methoxy groups -OCH3 is 2. The quantitative estimate of drug-likeness (QED) is 0.404. The molecule has 0 saturated carbocycles. The van der Waals surface area contributed by atoms with Crippen molar-refractivity contribution in [3.63, 3.8) is 0 Å². The summed E-state index contributed by atoms with van der Waals surface area (Å²) in [6.45, 7) is 4.43. The van der Waals surface area contributed by atoms with Crippen LogP contribution >= 0.6 is 0 Å². The van der Waals surface area contributed by atoms with Crippen molar-refractivity contribution in [1.82, 2.24) is 0 Å². The van der Waals surface area contributed by atoms with E-state index in [2.05, 4.69) is 13.8 Å². The van der Waals surface area contributed by atoms with Crippen LogP contribution in [0.5, 0.6) is 0 Å². The van der Waals surface area contributed by atoms with Crippen LogP contribution in [0.25, 0.3) is 0 Å². The van der Waals surface area contributed by atoms with Gasteiger partial charge in [0.1, 0.15) is 0 Å². The Morgan fingerprint density at radius 2 is 1.27 bits per heavy atom. The van der Waals surface area contributed by atoms with E-state index >= 15 is 0 Å². The van der Waals surface area contributed by atoms with E-state index in [9.17, 15) is 0 Å². The fraction of sp³-hybridized carbons (Fsp3) is 1.00. The van der Waals surface area contributed by atoms with E-state index in [1.165, 1.54) is 38.5 Å². The van der Waals surface area contributed by atoms with Gasteiger partial charge in [0.25, 0.3) is 0 Å². The summed E-state index contributed by atoms with van der Waals surface area (Å²) in [6, 6.07) is 0. The van der Waals surface area contributed by atoms with Crippen LogP contribution in [-0.4, -0.2) is 20.0 Å². The summed E-state index contributed by atoms with van der Waals surface area (Å²) in [7, 11) is 3.53. The summed E-state index contributed by atoms with van der Waals surface area (Å²) in [6.07, 6.45) is 9.51. The van der Waals surface area contributed by atoms with Crippen molar-refractivity contribution >= 4 is 0 Å². The van der Waals surface area contributed by atoms with Gasteiger partial charge in [-0.1, -0.05) is 39.5 Å². The monoisotopic (exact) mass is 216 g/mol. The van der Waals surface area contributed by atoms with Crippen LogP contribution in [0.1, 0.15) is 65.2 Å². The van der Waals surface area contributed by atoms with Gasteiger partial charge < -0.3 is 9.47 Å². The van der Waals surface area contributed by atoms with Gasteiger partial charge in [0.05, 0.1) is 0 Å². The fourth-order valence-corrected chi connectivity index (χ4v) is 1.88. The number of rotatable bonds is 10. The third kappa shape index (κ3) is 6.16. The van der Waals surface area contributed by atoms with Gasteiger partial charge in [-0.25, -0.2) is 0 Å². The van der Waals surface area contributed by atoms with E-state index in [0.717, 1.165) is 12.8 Å². The average molecular weight is 216 g/mol. The molecule has 0 amide bonds. The minimum atomic E-state index is -0.316. The predicted octanol–water partition coefficient (Wildman–Crippen LogP) is 4.14. The van der Waals surface area contributed by atoms with Crippen LogP contribution in [0.2, 0.25) is 0 Å². The first-order valence-corrected chi connectivity index (χ1v) is 6.35. The third-order valence-electron chi connectivity index (χ3n) is 3.07. The van der Waals surface area contributed by atoms with E-state index in [1.807, 2.05) is 0 Å². The van der Waals surface area contributed by atoms with Crippen LogP contribution in [0, 0.1) is 0 Å². The topological polar surface area (TPSA) is 18.5 Å². The molecule has 0 spiro atoms. The van der Waals surface area contributed by atoms with E-state index < -0.39 is 0 Å². The Morgan fingerprint density at radius 3 is 1.73 bits per heavy atom. The first kappa shape index (κ1) is 14.9. The molecule has 0 N–H and O–H groups in total. The first-order chi connectivity index (χ1) is 7.24. The van der Waals surface area contributed by atoms with Crippen LogP contribution < -0.4 is 0 Å². The van der Waals surface area contributed by atoms with Crippen molar-refractivity contribution in [1.29, 1.82) is 0 Å². The smallest absolute Gasteiger partial charge is 0.167 e. The average Bonchev–Trinajstić information content (AvgIpc) is 2.29. The van der Waals surface area contributed by atoms with Crippen LogP contribution in [0.15, 0.2) is 0 Å². The molecule has 0 aliphatic rings. The molecule has 15 heavy (non-hydrogen) atoms. The summed E-state index contributed by atoms with van der Waals surface area (Å²) < 4.78 is 11.1. The molecule has 0 unspecified atom stereocenters. The lowest BCUT2D eigenvalue weighted by atomic mass is 10.0. The van der Waals surface area contributed by atoms with Gasteiger partial charge in [-0.05, 0) is 12.8 Å². The Balaban J connectivity index is 3.88. The minimum absolute atomic E-state index is 0.316. The largest absolute Gasteiger partial charge is 0.353 e. The normalized spacial score (nSPS) is 12.0. The Hall–Kier alpha value is -0.0800. The highest BCUT2D eigenvalue weighted by molar-refractivity contribution is 4.69. The van der Waals surface area contributed by atoms with Crippen molar-refractivity contribution in [2.24, 2.45) is 0 Å². The molecule has 92 valence electrons. The second kappa shape index (κ2) is 9.17. The summed E-state index contributed by atoms with van der Waals surface area (Å²) in [5.74, 6) is -0.316. The van der Waals surface area contributed by atoms with Crippen LogP contribution in [0.3, 0.4) is 0 Å². The van der Waals surface area contributed by atoms with Gasteiger partial charge >= 0.3 is 0 Å². The van der Waals surface area contributed by atoms with Crippen LogP contribution in [-0.2, 0) is 9.47 Å². The summed E-state index contributed by atoms with van der Waals surface area (Å²) in [5, 5.41) is 0. The van der Waals surface area contributed by atoms with Crippen molar-refractivity contribution in [2.75, 3.05) is 14.2 Å². The minimum Gasteiger partial charge on any atom is -0.353 e. The Bertz CT molecular complexity index is 130. The van der Waals surface area contributed by atoms with Crippen molar-refractivity contribution < 1.29 is 9.47 Å². The third-order valence-corrected chi connectivity index (χ3v) is 3.07. The lowest BCUT2D eigenvalue weighted by molar-refractivity contribution is -0.216. The molecule has 0 heterocycles. The van der Waals surface area contributed by atoms with Gasteiger partial charge in [0, 0.05) is 27.1 Å². The molecule has 0 aliphatic carbocycles. The number of unbranched alkanes of at least 4 members (excludes halogenated alkanes) is 4. The highest BCUT2D eigenvalue weighted by Gasteiger charge is 2.27. The molecular weight excluding hydrogens is 188 g/mol. The van der Waals surface area contributed by atoms with E-state index in [-0.39, 0.29) is 5.79 Å². The molecule has 0 radical (unpaired) electrons. The number of hydrogen-bond acceptors (Lipinski definition) is 2. The summed E-state index contributed by atoms with van der Waals surface area (Å²) in [4.78, 5) is 0. The molecule has 0 bridgehead atoms. The van der Waals surface area contributed by atoms with E-state index in [4.69, 9.17) is 9.47 Å². The standard InChI is InChI=1S/C13H28O2/c1-5-7-9-10-12-13(14-3,15-4)11-8-6-2/h5-12H2,1-4H3. The fourth-order valence-electron chi connectivity index (χ4n) is 1.88. The lowest BCUT2D eigenvalue weighted by Crippen LogP contribution is -2.33. The van der Waals surface area contributed by atoms with Gasteiger partial charge in [0.15, 0.2) is 5.79 Å². The highest BCUT2D eigenvalue weighted by Crippen LogP contribution is 2.26. The molecule has 2 heteroatoms. The van der Waals surface area contributed by atoms with E-state index in [1.54, 1.807) is 14.2 Å². The molecule has 0 aromatic heterocycles. The first-order valence-electron chi connectivity index (χ1n) is 6.35. The summed E-state index contributed by atoms with van der Waals surface area (Å²) in [5.41, 5.74) is 0. The summed E-state index contributed by atoms with van der Waals surface area (Å²) >= 11 is 0. The van der Waals surface area contributed by atoms with Crippen molar-refractivity contribution in [2.45, 2.75) is 71.0 Å². The van der Waals surface area contributed by atoms with E-state index in [0.29, 0.717) is 0 Å². The molecule has 0 rings (SSSR count). The molecule has 0 aromatic rings. The van der Waals surface area contributed by atoms with Crippen molar-refractivity contribution in [3.8, 4) is 0 Å². The molecule has 0 aromatic carbocycles. The highest BCUT2D eigenvalue weighted by atomic mass is 16.7. The SMILES string of the molecule is CCCCCCC(CCCC)(OC)OC. The molecule has 2 nitrogen and oxygen atoms in total. The van der Waals surface area contributed by atoms with Crippen molar-refractivity contribution in [3.05, 3.63) is 0 Å². The molecule has 0 fully saturated rings. The van der Waals surface area contributed by atoms with Gasteiger partial charge in [-0.15, -0.1) is 0 Å². The van der Waals surface area contributed by atoms with Crippen LogP contribution in [0.4, 0.5) is 0 Å². The zero-order valence-electron chi connectivity index (χ0n) is 11.0. The predicted molar refractivity (Wildman–Crippen MR) is 65.0 cm³/mol. The zero-order valence-corrected chi connectivity index (χ0v) is 11.0. The van der Waals surface area contributed by atoms with Gasteiger partial charge in [0.2, 0.25) is 0 Å². The van der Waals surface area contributed by atoms with Gasteiger partial charge in [-0.2, -0.15) is 0 Å².